The average Bonchev–Trinajstić information content (AvgIpc) is 2.72. The van der Waals surface area contributed by atoms with Crippen LogP contribution in [0.2, 0.25) is 0 Å². The summed E-state index contributed by atoms with van der Waals surface area (Å²) in [7, 11) is 0. The van der Waals surface area contributed by atoms with Crippen molar-refractivity contribution in [1.29, 1.82) is 0 Å². The first-order chi connectivity index (χ1) is 8.08. The third-order valence-electron chi connectivity index (χ3n) is 4.05. The molecule has 0 radical (unpaired) electrons. The van der Waals surface area contributed by atoms with Crippen molar-refractivity contribution in [1.82, 2.24) is 0 Å². The number of carbonyl (C=O) groups is 1. The number of benzene rings is 1. The van der Waals surface area contributed by atoms with E-state index in [1.165, 1.54) is 16.7 Å². The second kappa shape index (κ2) is 4.91. The third-order valence-corrected chi connectivity index (χ3v) is 4.05. The minimum absolute atomic E-state index is 0.128. The van der Waals surface area contributed by atoms with Crippen LogP contribution in [-0.4, -0.2) is 11.1 Å². The molecule has 0 aliphatic heterocycles. The summed E-state index contributed by atoms with van der Waals surface area (Å²) in [5, 5.41) is 9.16. The zero-order chi connectivity index (χ0) is 12.4. The fourth-order valence-corrected chi connectivity index (χ4v) is 2.84. The summed E-state index contributed by atoms with van der Waals surface area (Å²) in [6.45, 7) is 4.22. The molecule has 1 aliphatic carbocycles. The number of carboxylic acid groups (broad SMARTS) is 1. The Hall–Kier alpha value is -1.31. The van der Waals surface area contributed by atoms with Gasteiger partial charge in [-0.3, -0.25) is 4.79 Å². The van der Waals surface area contributed by atoms with Gasteiger partial charge in [-0.2, -0.15) is 0 Å². The van der Waals surface area contributed by atoms with E-state index in [-0.39, 0.29) is 5.92 Å². The van der Waals surface area contributed by atoms with Crippen LogP contribution in [0.4, 0.5) is 0 Å². The lowest BCUT2D eigenvalue weighted by molar-refractivity contribution is -0.142. The minimum atomic E-state index is -0.615. The number of aryl methyl sites for hydroxylation is 2. The van der Waals surface area contributed by atoms with Crippen molar-refractivity contribution in [3.05, 3.63) is 34.9 Å². The van der Waals surface area contributed by atoms with Crippen molar-refractivity contribution >= 4 is 5.97 Å². The highest BCUT2D eigenvalue weighted by atomic mass is 16.4. The topological polar surface area (TPSA) is 37.3 Å². The van der Waals surface area contributed by atoms with Crippen LogP contribution in [0.15, 0.2) is 18.2 Å². The number of hydrogen-bond acceptors (Lipinski definition) is 1. The molecule has 0 amide bonds. The second-order valence-electron chi connectivity index (χ2n) is 5.26. The van der Waals surface area contributed by atoms with E-state index in [1.807, 2.05) is 0 Å². The molecule has 1 aromatic carbocycles. The van der Waals surface area contributed by atoms with Crippen LogP contribution in [0.3, 0.4) is 0 Å². The first-order valence-electron chi connectivity index (χ1n) is 6.37. The lowest BCUT2D eigenvalue weighted by Gasteiger charge is -2.16. The molecule has 2 heteroatoms. The van der Waals surface area contributed by atoms with E-state index < -0.39 is 5.97 Å². The molecule has 0 saturated heterocycles. The van der Waals surface area contributed by atoms with Crippen LogP contribution in [-0.2, 0) is 11.2 Å². The Morgan fingerprint density at radius 3 is 2.71 bits per heavy atom. The number of hydrogen-bond donors (Lipinski definition) is 1. The van der Waals surface area contributed by atoms with Crippen LogP contribution in [0.25, 0.3) is 0 Å². The second-order valence-corrected chi connectivity index (χ2v) is 5.26. The van der Waals surface area contributed by atoms with Gasteiger partial charge in [0.25, 0.3) is 0 Å². The summed E-state index contributed by atoms with van der Waals surface area (Å²) < 4.78 is 0. The molecule has 0 bridgehead atoms. The van der Waals surface area contributed by atoms with Gasteiger partial charge in [0.05, 0.1) is 5.92 Å². The predicted octanol–water partition coefficient (Wildman–Crippen LogP) is 3.35. The summed E-state index contributed by atoms with van der Waals surface area (Å²) in [4.78, 5) is 11.1. The van der Waals surface area contributed by atoms with Gasteiger partial charge in [0.1, 0.15) is 0 Å². The Labute approximate surface area is 103 Å². The fraction of sp³-hybridized carbons (Fsp3) is 0.533. The SMILES string of the molecule is Cc1ccc(CC2CCCC2C(=O)O)cc1C. The minimum Gasteiger partial charge on any atom is -0.481 e. The summed E-state index contributed by atoms with van der Waals surface area (Å²) in [6, 6.07) is 6.47. The normalized spacial score (nSPS) is 23.9. The van der Waals surface area contributed by atoms with E-state index >= 15 is 0 Å². The average molecular weight is 232 g/mol. The Morgan fingerprint density at radius 1 is 1.29 bits per heavy atom. The van der Waals surface area contributed by atoms with Gasteiger partial charge >= 0.3 is 5.97 Å². The van der Waals surface area contributed by atoms with E-state index in [1.54, 1.807) is 0 Å². The van der Waals surface area contributed by atoms with E-state index in [2.05, 4.69) is 32.0 Å². The highest BCUT2D eigenvalue weighted by Crippen LogP contribution is 2.34. The van der Waals surface area contributed by atoms with Crippen LogP contribution < -0.4 is 0 Å². The monoisotopic (exact) mass is 232 g/mol. The van der Waals surface area contributed by atoms with Gasteiger partial charge in [0, 0.05) is 0 Å². The molecule has 2 atom stereocenters. The lowest BCUT2D eigenvalue weighted by atomic mass is 9.89. The molecule has 1 fully saturated rings. The molecule has 0 heterocycles. The van der Waals surface area contributed by atoms with Gasteiger partial charge in [0.2, 0.25) is 0 Å². The molecular formula is C15H20O2. The molecule has 1 aliphatic rings. The Bertz CT molecular complexity index is 423. The molecule has 1 aromatic rings. The molecule has 2 rings (SSSR count). The number of rotatable bonds is 3. The van der Waals surface area contributed by atoms with Gasteiger partial charge in [-0.25, -0.2) is 0 Å². The summed E-state index contributed by atoms with van der Waals surface area (Å²) in [5.74, 6) is -0.414. The molecule has 92 valence electrons. The highest BCUT2D eigenvalue weighted by molar-refractivity contribution is 5.70. The maximum atomic E-state index is 11.1. The van der Waals surface area contributed by atoms with Crippen molar-refractivity contribution in [3.63, 3.8) is 0 Å². The lowest BCUT2D eigenvalue weighted by Crippen LogP contribution is -2.20. The Kier molecular flexibility index (Phi) is 3.51. The predicted molar refractivity (Wildman–Crippen MR) is 68.1 cm³/mol. The molecule has 1 N–H and O–H groups in total. The maximum Gasteiger partial charge on any atom is 0.306 e. The van der Waals surface area contributed by atoms with E-state index in [4.69, 9.17) is 5.11 Å². The standard InChI is InChI=1S/C15H20O2/c1-10-6-7-12(8-11(10)2)9-13-4-3-5-14(13)15(16)17/h6-8,13-14H,3-5,9H2,1-2H3,(H,16,17). The van der Waals surface area contributed by atoms with Crippen molar-refractivity contribution < 1.29 is 9.90 Å². The van der Waals surface area contributed by atoms with Crippen molar-refractivity contribution in [2.75, 3.05) is 0 Å². The number of aliphatic carboxylic acids is 1. The molecular weight excluding hydrogens is 212 g/mol. The fourth-order valence-electron chi connectivity index (χ4n) is 2.84. The first kappa shape index (κ1) is 12.2. The van der Waals surface area contributed by atoms with Gasteiger partial charge in [0.15, 0.2) is 0 Å². The third kappa shape index (κ3) is 2.68. The van der Waals surface area contributed by atoms with E-state index in [0.29, 0.717) is 5.92 Å². The molecule has 0 aromatic heterocycles. The van der Waals surface area contributed by atoms with Crippen molar-refractivity contribution in [3.8, 4) is 0 Å². The number of carboxylic acids is 1. The van der Waals surface area contributed by atoms with Gasteiger partial charge in [-0.1, -0.05) is 24.6 Å². The van der Waals surface area contributed by atoms with Crippen LogP contribution in [0.5, 0.6) is 0 Å². The van der Waals surface area contributed by atoms with Crippen LogP contribution in [0, 0.1) is 25.7 Å². The molecule has 0 spiro atoms. The Morgan fingerprint density at radius 2 is 2.06 bits per heavy atom. The van der Waals surface area contributed by atoms with Crippen LogP contribution >= 0.6 is 0 Å². The largest absolute Gasteiger partial charge is 0.481 e. The summed E-state index contributed by atoms with van der Waals surface area (Å²) in [5.41, 5.74) is 3.88. The summed E-state index contributed by atoms with van der Waals surface area (Å²) in [6.07, 6.45) is 3.89. The maximum absolute atomic E-state index is 11.1. The molecule has 17 heavy (non-hydrogen) atoms. The smallest absolute Gasteiger partial charge is 0.306 e. The van der Waals surface area contributed by atoms with Gasteiger partial charge in [-0.15, -0.1) is 0 Å². The van der Waals surface area contributed by atoms with Crippen molar-refractivity contribution in [2.45, 2.75) is 39.5 Å². The quantitative estimate of drug-likeness (QED) is 0.867. The Balaban J connectivity index is 2.09. The van der Waals surface area contributed by atoms with Crippen molar-refractivity contribution in [2.24, 2.45) is 11.8 Å². The molecule has 1 saturated carbocycles. The van der Waals surface area contributed by atoms with Gasteiger partial charge in [-0.05, 0) is 55.7 Å². The molecule has 2 unspecified atom stereocenters. The summed E-state index contributed by atoms with van der Waals surface area (Å²) >= 11 is 0. The molecule has 2 nitrogen and oxygen atoms in total. The van der Waals surface area contributed by atoms with E-state index in [0.717, 1.165) is 25.7 Å². The highest BCUT2D eigenvalue weighted by Gasteiger charge is 2.32. The van der Waals surface area contributed by atoms with Crippen LogP contribution in [0.1, 0.15) is 36.0 Å². The zero-order valence-electron chi connectivity index (χ0n) is 10.6. The van der Waals surface area contributed by atoms with Gasteiger partial charge < -0.3 is 5.11 Å². The first-order valence-corrected chi connectivity index (χ1v) is 6.37. The van der Waals surface area contributed by atoms with E-state index in [9.17, 15) is 4.79 Å². The zero-order valence-corrected chi connectivity index (χ0v) is 10.6.